The molecule has 0 fully saturated rings. The summed E-state index contributed by atoms with van der Waals surface area (Å²) in [7, 11) is 0. The SMILES string of the molecule is CCCCCOc1c(C(N)=O)n(-c2ccccc2)c2ccccc12. The van der Waals surface area contributed by atoms with Crippen LogP contribution in [0.5, 0.6) is 5.75 Å². The quantitative estimate of drug-likeness (QED) is 0.659. The van der Waals surface area contributed by atoms with Crippen molar-refractivity contribution >= 4 is 16.8 Å². The largest absolute Gasteiger partial charge is 0.490 e. The maximum absolute atomic E-state index is 12.2. The summed E-state index contributed by atoms with van der Waals surface area (Å²) in [5.74, 6) is 0.0959. The number of para-hydroxylation sites is 2. The van der Waals surface area contributed by atoms with Gasteiger partial charge in [0.05, 0.1) is 12.1 Å². The van der Waals surface area contributed by atoms with Crippen LogP contribution in [0.4, 0.5) is 0 Å². The summed E-state index contributed by atoms with van der Waals surface area (Å²) >= 11 is 0. The number of aromatic nitrogens is 1. The Morgan fingerprint density at radius 1 is 1.04 bits per heavy atom. The van der Waals surface area contributed by atoms with Crippen LogP contribution < -0.4 is 10.5 Å². The van der Waals surface area contributed by atoms with E-state index in [0.717, 1.165) is 35.9 Å². The van der Waals surface area contributed by atoms with Crippen molar-refractivity contribution < 1.29 is 9.53 Å². The molecule has 0 spiro atoms. The molecule has 0 aliphatic rings. The summed E-state index contributed by atoms with van der Waals surface area (Å²) < 4.78 is 7.88. The maximum atomic E-state index is 12.2. The molecule has 2 aromatic carbocycles. The first kappa shape index (κ1) is 16.1. The van der Waals surface area contributed by atoms with Crippen LogP contribution in [0.25, 0.3) is 16.6 Å². The first-order chi connectivity index (χ1) is 11.7. The minimum Gasteiger partial charge on any atom is -0.490 e. The molecule has 4 nitrogen and oxygen atoms in total. The number of primary amides is 1. The van der Waals surface area contributed by atoms with E-state index in [2.05, 4.69) is 6.92 Å². The Balaban J connectivity index is 2.16. The average molecular weight is 322 g/mol. The van der Waals surface area contributed by atoms with Crippen molar-refractivity contribution in [2.45, 2.75) is 26.2 Å². The van der Waals surface area contributed by atoms with E-state index in [4.69, 9.17) is 10.5 Å². The Kier molecular flexibility index (Phi) is 4.85. The molecule has 0 aliphatic carbocycles. The fraction of sp³-hybridized carbons (Fsp3) is 0.250. The van der Waals surface area contributed by atoms with E-state index >= 15 is 0 Å². The molecule has 0 saturated carbocycles. The number of amides is 1. The van der Waals surface area contributed by atoms with Crippen molar-refractivity contribution in [3.63, 3.8) is 0 Å². The van der Waals surface area contributed by atoms with Gasteiger partial charge in [-0.3, -0.25) is 4.79 Å². The second kappa shape index (κ2) is 7.21. The van der Waals surface area contributed by atoms with Crippen LogP contribution >= 0.6 is 0 Å². The summed E-state index contributed by atoms with van der Waals surface area (Å²) in [6, 6.07) is 17.6. The monoisotopic (exact) mass is 322 g/mol. The summed E-state index contributed by atoms with van der Waals surface area (Å²) in [6.07, 6.45) is 3.18. The van der Waals surface area contributed by atoms with Gasteiger partial charge in [0, 0.05) is 11.1 Å². The Morgan fingerprint density at radius 3 is 2.46 bits per heavy atom. The lowest BCUT2D eigenvalue weighted by Gasteiger charge is -2.10. The number of nitrogens with zero attached hydrogens (tertiary/aromatic N) is 1. The van der Waals surface area contributed by atoms with Crippen LogP contribution in [0.3, 0.4) is 0 Å². The van der Waals surface area contributed by atoms with Crippen LogP contribution in [0, 0.1) is 0 Å². The summed E-state index contributed by atoms with van der Waals surface area (Å²) in [6.45, 7) is 2.73. The second-order valence-electron chi connectivity index (χ2n) is 5.79. The highest BCUT2D eigenvalue weighted by Gasteiger charge is 2.23. The topological polar surface area (TPSA) is 57.2 Å². The molecule has 1 amide bonds. The van der Waals surface area contributed by atoms with Crippen molar-refractivity contribution in [3.05, 3.63) is 60.3 Å². The number of rotatable bonds is 7. The van der Waals surface area contributed by atoms with Gasteiger partial charge in [0.2, 0.25) is 0 Å². The molecular formula is C20H22N2O2. The van der Waals surface area contributed by atoms with Gasteiger partial charge in [0.1, 0.15) is 0 Å². The molecule has 3 aromatic rings. The van der Waals surface area contributed by atoms with Gasteiger partial charge < -0.3 is 15.0 Å². The number of hydrogen-bond acceptors (Lipinski definition) is 2. The van der Waals surface area contributed by atoms with Gasteiger partial charge in [-0.05, 0) is 30.7 Å². The number of carbonyl (C=O) groups is 1. The fourth-order valence-electron chi connectivity index (χ4n) is 2.95. The molecular weight excluding hydrogens is 300 g/mol. The van der Waals surface area contributed by atoms with Gasteiger partial charge >= 0.3 is 0 Å². The molecule has 0 saturated heterocycles. The molecule has 1 aromatic heterocycles. The van der Waals surface area contributed by atoms with Crippen LogP contribution in [0.15, 0.2) is 54.6 Å². The molecule has 24 heavy (non-hydrogen) atoms. The maximum Gasteiger partial charge on any atom is 0.269 e. The molecule has 4 heteroatoms. The zero-order chi connectivity index (χ0) is 16.9. The lowest BCUT2D eigenvalue weighted by molar-refractivity contribution is 0.0990. The van der Waals surface area contributed by atoms with E-state index in [1.165, 1.54) is 0 Å². The molecule has 3 rings (SSSR count). The lowest BCUT2D eigenvalue weighted by atomic mass is 10.2. The number of unbranched alkanes of at least 4 members (excludes halogenated alkanes) is 2. The number of fused-ring (bicyclic) bond motifs is 1. The first-order valence-electron chi connectivity index (χ1n) is 8.35. The van der Waals surface area contributed by atoms with Crippen LogP contribution in [-0.4, -0.2) is 17.1 Å². The van der Waals surface area contributed by atoms with E-state index in [1.54, 1.807) is 0 Å². The molecule has 124 valence electrons. The first-order valence-corrected chi connectivity index (χ1v) is 8.35. The zero-order valence-corrected chi connectivity index (χ0v) is 13.9. The molecule has 0 bridgehead atoms. The minimum atomic E-state index is -0.486. The number of ether oxygens (including phenoxy) is 1. The molecule has 2 N–H and O–H groups in total. The third-order valence-corrected chi connectivity index (χ3v) is 4.07. The zero-order valence-electron chi connectivity index (χ0n) is 13.9. The predicted octanol–water partition coefficient (Wildman–Crippen LogP) is 4.30. The predicted molar refractivity (Wildman–Crippen MR) is 96.8 cm³/mol. The molecule has 0 unspecified atom stereocenters. The molecule has 1 heterocycles. The van der Waals surface area contributed by atoms with E-state index in [9.17, 15) is 4.79 Å². The van der Waals surface area contributed by atoms with Gasteiger partial charge in [0.25, 0.3) is 5.91 Å². The molecule has 0 aliphatic heterocycles. The normalized spacial score (nSPS) is 10.9. The van der Waals surface area contributed by atoms with E-state index in [0.29, 0.717) is 18.1 Å². The Labute approximate surface area is 141 Å². The van der Waals surface area contributed by atoms with E-state index in [1.807, 2.05) is 59.2 Å². The number of hydrogen-bond donors (Lipinski definition) is 1. The van der Waals surface area contributed by atoms with Crippen LogP contribution in [0.2, 0.25) is 0 Å². The van der Waals surface area contributed by atoms with Gasteiger partial charge in [0.15, 0.2) is 11.4 Å². The van der Waals surface area contributed by atoms with E-state index in [-0.39, 0.29) is 0 Å². The van der Waals surface area contributed by atoms with Crippen molar-refractivity contribution in [1.29, 1.82) is 0 Å². The highest BCUT2D eigenvalue weighted by Crippen LogP contribution is 2.35. The average Bonchev–Trinajstić information content (AvgIpc) is 2.94. The lowest BCUT2D eigenvalue weighted by Crippen LogP contribution is -2.17. The Morgan fingerprint density at radius 2 is 1.75 bits per heavy atom. The number of benzene rings is 2. The summed E-state index contributed by atoms with van der Waals surface area (Å²) in [5, 5.41) is 0.909. The van der Waals surface area contributed by atoms with Crippen LogP contribution in [-0.2, 0) is 0 Å². The van der Waals surface area contributed by atoms with Gasteiger partial charge in [-0.15, -0.1) is 0 Å². The molecule has 0 atom stereocenters. The van der Waals surface area contributed by atoms with Crippen molar-refractivity contribution in [2.75, 3.05) is 6.61 Å². The molecule has 0 radical (unpaired) electrons. The Hall–Kier alpha value is -2.75. The van der Waals surface area contributed by atoms with Gasteiger partial charge in [-0.1, -0.05) is 50.1 Å². The summed E-state index contributed by atoms with van der Waals surface area (Å²) in [4.78, 5) is 12.2. The Bertz CT molecular complexity index is 837. The number of nitrogens with two attached hydrogens (primary N) is 1. The number of carbonyl (C=O) groups excluding carboxylic acids is 1. The van der Waals surface area contributed by atoms with Gasteiger partial charge in [-0.25, -0.2) is 0 Å². The standard InChI is InChI=1S/C20H22N2O2/c1-2-3-9-14-24-19-16-12-7-8-13-17(16)22(18(19)20(21)23)15-10-5-4-6-11-15/h4-8,10-13H,2-3,9,14H2,1H3,(H2,21,23). The highest BCUT2D eigenvalue weighted by atomic mass is 16.5. The third-order valence-electron chi connectivity index (χ3n) is 4.07. The summed E-state index contributed by atoms with van der Waals surface area (Å²) in [5.41, 5.74) is 7.92. The van der Waals surface area contributed by atoms with Gasteiger partial charge in [-0.2, -0.15) is 0 Å². The third kappa shape index (κ3) is 3.00. The van der Waals surface area contributed by atoms with Crippen molar-refractivity contribution in [2.24, 2.45) is 5.73 Å². The van der Waals surface area contributed by atoms with Crippen molar-refractivity contribution in [1.82, 2.24) is 4.57 Å². The smallest absolute Gasteiger partial charge is 0.269 e. The highest BCUT2D eigenvalue weighted by molar-refractivity contribution is 6.04. The van der Waals surface area contributed by atoms with E-state index < -0.39 is 5.91 Å². The second-order valence-corrected chi connectivity index (χ2v) is 5.79. The minimum absolute atomic E-state index is 0.402. The fourth-order valence-corrected chi connectivity index (χ4v) is 2.95. The van der Waals surface area contributed by atoms with Crippen LogP contribution in [0.1, 0.15) is 36.7 Å². The van der Waals surface area contributed by atoms with Crippen molar-refractivity contribution in [3.8, 4) is 11.4 Å².